The molecule has 0 aromatic carbocycles. The van der Waals surface area contributed by atoms with Crippen molar-refractivity contribution in [3.05, 3.63) is 40.6 Å². The molecule has 3 rings (SSSR count). The van der Waals surface area contributed by atoms with Crippen LogP contribution in [0.1, 0.15) is 39.3 Å². The van der Waals surface area contributed by atoms with Crippen LogP contribution in [-0.2, 0) is 12.0 Å². The van der Waals surface area contributed by atoms with Gasteiger partial charge in [-0.25, -0.2) is 9.67 Å². The zero-order chi connectivity index (χ0) is 15.7. The molecule has 2 aromatic heterocycles. The van der Waals surface area contributed by atoms with Gasteiger partial charge in [-0.2, -0.15) is 5.10 Å². The predicted octanol–water partition coefficient (Wildman–Crippen LogP) is 2.20. The molecule has 6 heteroatoms. The molecule has 0 amide bonds. The monoisotopic (exact) mass is 302 g/mol. The summed E-state index contributed by atoms with van der Waals surface area (Å²) in [5.74, 6) is 0. The van der Waals surface area contributed by atoms with E-state index in [0.717, 1.165) is 25.1 Å². The molecule has 118 valence electrons. The second-order valence-corrected chi connectivity index (χ2v) is 6.79. The average Bonchev–Trinajstić information content (AvgIpc) is 3.10. The number of rotatable bonds is 3. The summed E-state index contributed by atoms with van der Waals surface area (Å²) in [5, 5.41) is 4.55. The van der Waals surface area contributed by atoms with E-state index >= 15 is 0 Å². The average molecular weight is 302 g/mol. The van der Waals surface area contributed by atoms with Crippen molar-refractivity contribution in [2.24, 2.45) is 0 Å². The van der Waals surface area contributed by atoms with Gasteiger partial charge in [-0.1, -0.05) is 20.8 Å². The van der Waals surface area contributed by atoms with Crippen LogP contribution in [-0.4, -0.2) is 27.4 Å². The third-order valence-corrected chi connectivity index (χ3v) is 4.06. The number of oxazole rings is 1. The molecule has 0 aliphatic carbocycles. The molecule has 1 fully saturated rings. The fraction of sp³-hybridized carbons (Fsp3) is 0.562. The Kier molecular flexibility index (Phi) is 3.76. The van der Waals surface area contributed by atoms with Gasteiger partial charge in [0, 0.05) is 18.0 Å². The van der Waals surface area contributed by atoms with E-state index in [-0.39, 0.29) is 17.0 Å². The van der Waals surface area contributed by atoms with Gasteiger partial charge in [0.25, 0.3) is 11.6 Å². The van der Waals surface area contributed by atoms with Gasteiger partial charge >= 0.3 is 0 Å². The predicted molar refractivity (Wildman–Crippen MR) is 84.1 cm³/mol. The van der Waals surface area contributed by atoms with Gasteiger partial charge in [-0.3, -0.25) is 4.79 Å². The molecular weight excluding hydrogens is 280 g/mol. The Hall–Kier alpha value is -2.11. The summed E-state index contributed by atoms with van der Waals surface area (Å²) in [4.78, 5) is 18.5. The Balaban J connectivity index is 1.85. The van der Waals surface area contributed by atoms with E-state index in [2.05, 4.69) is 35.8 Å². The minimum atomic E-state index is -0.0760. The summed E-state index contributed by atoms with van der Waals surface area (Å²) < 4.78 is 6.98. The van der Waals surface area contributed by atoms with Crippen LogP contribution in [0.25, 0.3) is 0 Å². The molecule has 1 unspecified atom stereocenters. The Morgan fingerprint density at radius 2 is 2.18 bits per heavy atom. The zero-order valence-electron chi connectivity index (χ0n) is 13.3. The van der Waals surface area contributed by atoms with Crippen LogP contribution in [0.4, 0.5) is 6.01 Å². The van der Waals surface area contributed by atoms with Gasteiger partial charge in [0.2, 0.25) is 0 Å². The lowest BCUT2D eigenvalue weighted by Crippen LogP contribution is -2.38. The third kappa shape index (κ3) is 2.91. The van der Waals surface area contributed by atoms with Crippen molar-refractivity contribution in [2.75, 3.05) is 11.4 Å². The molecule has 0 bridgehead atoms. The molecule has 1 saturated heterocycles. The van der Waals surface area contributed by atoms with Crippen molar-refractivity contribution in [3.8, 4) is 0 Å². The maximum absolute atomic E-state index is 12.1. The summed E-state index contributed by atoms with van der Waals surface area (Å²) in [6.07, 6.45) is 5.31. The minimum Gasteiger partial charge on any atom is -0.432 e. The molecule has 1 aliphatic heterocycles. The summed E-state index contributed by atoms with van der Waals surface area (Å²) >= 11 is 0. The highest BCUT2D eigenvalue weighted by Gasteiger charge is 2.28. The number of nitrogens with zero attached hydrogens (tertiary/aromatic N) is 4. The minimum absolute atomic E-state index is 0.0627. The molecule has 0 saturated carbocycles. The van der Waals surface area contributed by atoms with Crippen molar-refractivity contribution < 1.29 is 4.42 Å². The number of aromatic nitrogens is 3. The van der Waals surface area contributed by atoms with Crippen LogP contribution >= 0.6 is 0 Å². The Bertz CT molecular complexity index is 685. The Morgan fingerprint density at radius 3 is 2.86 bits per heavy atom. The highest BCUT2D eigenvalue weighted by Crippen LogP contribution is 2.25. The van der Waals surface area contributed by atoms with Crippen LogP contribution in [0.3, 0.4) is 0 Å². The van der Waals surface area contributed by atoms with E-state index in [9.17, 15) is 4.79 Å². The first-order chi connectivity index (χ1) is 10.4. The van der Waals surface area contributed by atoms with Crippen molar-refractivity contribution in [1.82, 2.24) is 14.8 Å². The van der Waals surface area contributed by atoms with Gasteiger partial charge in [-0.05, 0) is 18.9 Å². The highest BCUT2D eigenvalue weighted by molar-refractivity contribution is 5.29. The highest BCUT2D eigenvalue weighted by atomic mass is 16.4. The van der Waals surface area contributed by atoms with Gasteiger partial charge in [0.1, 0.15) is 6.26 Å². The van der Waals surface area contributed by atoms with E-state index in [1.54, 1.807) is 23.2 Å². The number of hydrogen-bond acceptors (Lipinski definition) is 5. The van der Waals surface area contributed by atoms with Crippen LogP contribution in [0.5, 0.6) is 0 Å². The second-order valence-electron chi connectivity index (χ2n) is 6.79. The molecule has 6 nitrogen and oxygen atoms in total. The number of anilines is 1. The molecule has 3 heterocycles. The van der Waals surface area contributed by atoms with Gasteiger partial charge in [0.05, 0.1) is 24.5 Å². The van der Waals surface area contributed by atoms with E-state index in [0.29, 0.717) is 12.6 Å². The molecule has 2 aromatic rings. The summed E-state index contributed by atoms with van der Waals surface area (Å²) in [6, 6.07) is 4.25. The first-order valence-electron chi connectivity index (χ1n) is 7.70. The van der Waals surface area contributed by atoms with Crippen LogP contribution < -0.4 is 10.5 Å². The Morgan fingerprint density at radius 1 is 1.36 bits per heavy atom. The van der Waals surface area contributed by atoms with Crippen LogP contribution in [0.2, 0.25) is 0 Å². The third-order valence-electron chi connectivity index (χ3n) is 4.06. The molecule has 0 N–H and O–H groups in total. The smallest absolute Gasteiger partial charge is 0.297 e. The first kappa shape index (κ1) is 14.8. The van der Waals surface area contributed by atoms with E-state index < -0.39 is 0 Å². The fourth-order valence-electron chi connectivity index (χ4n) is 2.81. The summed E-state index contributed by atoms with van der Waals surface area (Å²) in [5.41, 5.74) is 0.785. The maximum Gasteiger partial charge on any atom is 0.297 e. The van der Waals surface area contributed by atoms with E-state index in [1.165, 1.54) is 0 Å². The quantitative estimate of drug-likeness (QED) is 0.869. The number of hydrogen-bond donors (Lipinski definition) is 0. The van der Waals surface area contributed by atoms with Crippen molar-refractivity contribution in [2.45, 2.75) is 51.6 Å². The summed E-state index contributed by atoms with van der Waals surface area (Å²) in [6.45, 7) is 7.75. The lowest BCUT2D eigenvalue weighted by molar-refractivity contribution is 0.440. The lowest BCUT2D eigenvalue weighted by Gasteiger charge is -2.24. The molecule has 22 heavy (non-hydrogen) atoms. The Labute approximate surface area is 129 Å². The standard InChI is InChI=1S/C16H22N4O2/c1-16(2,3)13-6-7-14(21)20(18-13)11-12-5-4-9-19(12)15-17-8-10-22-15/h6-8,10,12H,4-5,9,11H2,1-3H3. The van der Waals surface area contributed by atoms with Crippen molar-refractivity contribution in [1.29, 1.82) is 0 Å². The van der Waals surface area contributed by atoms with Crippen molar-refractivity contribution >= 4 is 6.01 Å². The van der Waals surface area contributed by atoms with Crippen LogP contribution in [0, 0.1) is 0 Å². The fourth-order valence-corrected chi connectivity index (χ4v) is 2.81. The van der Waals surface area contributed by atoms with Gasteiger partial charge in [-0.15, -0.1) is 0 Å². The SMILES string of the molecule is CC(C)(C)c1ccc(=O)n(CC2CCCN2c2ncco2)n1. The van der Waals surface area contributed by atoms with E-state index in [4.69, 9.17) is 4.42 Å². The first-order valence-corrected chi connectivity index (χ1v) is 7.70. The van der Waals surface area contributed by atoms with Gasteiger partial charge in [0.15, 0.2) is 0 Å². The van der Waals surface area contributed by atoms with Gasteiger partial charge < -0.3 is 9.32 Å². The van der Waals surface area contributed by atoms with Crippen LogP contribution in [0.15, 0.2) is 33.8 Å². The van der Waals surface area contributed by atoms with E-state index in [1.807, 2.05) is 6.07 Å². The largest absolute Gasteiger partial charge is 0.432 e. The molecule has 0 radical (unpaired) electrons. The molecular formula is C16H22N4O2. The maximum atomic E-state index is 12.1. The molecule has 0 spiro atoms. The zero-order valence-corrected chi connectivity index (χ0v) is 13.3. The summed E-state index contributed by atoms with van der Waals surface area (Å²) in [7, 11) is 0. The second kappa shape index (κ2) is 5.59. The topological polar surface area (TPSA) is 64.2 Å². The normalized spacial score (nSPS) is 18.9. The molecule has 1 aliphatic rings. The lowest BCUT2D eigenvalue weighted by atomic mass is 9.92. The molecule has 1 atom stereocenters. The van der Waals surface area contributed by atoms with Crippen molar-refractivity contribution in [3.63, 3.8) is 0 Å².